The lowest BCUT2D eigenvalue weighted by Gasteiger charge is -2.19. The van der Waals surface area contributed by atoms with Crippen LogP contribution < -0.4 is 5.32 Å². The SMILES string of the molecule is CCN(CCO)CCNc1ccc(C#N)c(Cl)c1. The number of hydrogen-bond donors (Lipinski definition) is 2. The summed E-state index contributed by atoms with van der Waals surface area (Å²) in [6.07, 6.45) is 0. The molecule has 1 aromatic carbocycles. The summed E-state index contributed by atoms with van der Waals surface area (Å²) in [5.41, 5.74) is 1.39. The summed E-state index contributed by atoms with van der Waals surface area (Å²) in [4.78, 5) is 2.15. The molecule has 0 radical (unpaired) electrons. The van der Waals surface area contributed by atoms with Gasteiger partial charge in [-0.05, 0) is 24.7 Å². The molecule has 0 saturated carbocycles. The molecule has 0 amide bonds. The molecule has 4 nitrogen and oxygen atoms in total. The molecule has 2 N–H and O–H groups in total. The molecule has 1 aromatic rings. The van der Waals surface area contributed by atoms with Crippen molar-refractivity contribution in [3.05, 3.63) is 28.8 Å². The van der Waals surface area contributed by atoms with Crippen molar-refractivity contribution >= 4 is 17.3 Å². The zero-order valence-electron chi connectivity index (χ0n) is 10.5. The van der Waals surface area contributed by atoms with E-state index in [0.29, 0.717) is 17.1 Å². The largest absolute Gasteiger partial charge is 0.395 e. The Labute approximate surface area is 113 Å². The fourth-order valence-corrected chi connectivity index (χ4v) is 1.87. The van der Waals surface area contributed by atoms with Crippen molar-refractivity contribution in [3.63, 3.8) is 0 Å². The van der Waals surface area contributed by atoms with E-state index in [-0.39, 0.29) is 6.61 Å². The topological polar surface area (TPSA) is 59.3 Å². The summed E-state index contributed by atoms with van der Waals surface area (Å²) in [7, 11) is 0. The molecule has 0 aliphatic carbocycles. The number of aliphatic hydroxyl groups excluding tert-OH is 1. The van der Waals surface area contributed by atoms with Crippen molar-refractivity contribution in [3.8, 4) is 6.07 Å². The van der Waals surface area contributed by atoms with E-state index in [4.69, 9.17) is 22.0 Å². The lowest BCUT2D eigenvalue weighted by atomic mass is 10.2. The van der Waals surface area contributed by atoms with Gasteiger partial charge in [0.15, 0.2) is 0 Å². The molecular weight excluding hydrogens is 250 g/mol. The van der Waals surface area contributed by atoms with E-state index in [1.165, 1.54) is 0 Å². The second-order valence-corrected chi connectivity index (χ2v) is 4.30. The molecule has 0 heterocycles. The predicted molar refractivity (Wildman–Crippen MR) is 73.9 cm³/mol. The first-order chi connectivity index (χ1) is 8.71. The van der Waals surface area contributed by atoms with Gasteiger partial charge in [-0.2, -0.15) is 5.26 Å². The third-order valence-corrected chi connectivity index (χ3v) is 3.02. The molecular formula is C13H18ClN3O. The summed E-state index contributed by atoms with van der Waals surface area (Å²) in [6, 6.07) is 7.32. The zero-order valence-corrected chi connectivity index (χ0v) is 11.2. The maximum Gasteiger partial charge on any atom is 0.101 e. The van der Waals surface area contributed by atoms with Gasteiger partial charge in [0, 0.05) is 25.3 Å². The van der Waals surface area contributed by atoms with Crippen LogP contribution in [0.25, 0.3) is 0 Å². The summed E-state index contributed by atoms with van der Waals surface area (Å²) >= 11 is 5.94. The smallest absolute Gasteiger partial charge is 0.101 e. The molecule has 0 aliphatic heterocycles. The van der Waals surface area contributed by atoms with Gasteiger partial charge in [0.05, 0.1) is 17.2 Å². The molecule has 0 aromatic heterocycles. The summed E-state index contributed by atoms with van der Waals surface area (Å²) in [6.45, 7) is 5.47. The van der Waals surface area contributed by atoms with Gasteiger partial charge in [0.2, 0.25) is 0 Å². The molecule has 0 aliphatic rings. The second-order valence-electron chi connectivity index (χ2n) is 3.89. The lowest BCUT2D eigenvalue weighted by molar-refractivity contribution is 0.206. The summed E-state index contributed by atoms with van der Waals surface area (Å²) < 4.78 is 0. The van der Waals surface area contributed by atoms with Crippen LogP contribution >= 0.6 is 11.6 Å². The zero-order chi connectivity index (χ0) is 13.4. The minimum absolute atomic E-state index is 0.177. The molecule has 0 saturated heterocycles. The van der Waals surface area contributed by atoms with Crippen LogP contribution in [0.3, 0.4) is 0 Å². The first-order valence-electron chi connectivity index (χ1n) is 5.98. The van der Waals surface area contributed by atoms with Crippen molar-refractivity contribution in [1.82, 2.24) is 4.90 Å². The highest BCUT2D eigenvalue weighted by atomic mass is 35.5. The first kappa shape index (κ1) is 14.8. The maximum atomic E-state index is 8.87. The predicted octanol–water partition coefficient (Wildman–Crippen LogP) is 1.94. The number of anilines is 1. The van der Waals surface area contributed by atoms with Gasteiger partial charge in [-0.1, -0.05) is 18.5 Å². The van der Waals surface area contributed by atoms with Crippen LogP contribution in [0.2, 0.25) is 5.02 Å². The van der Waals surface area contributed by atoms with E-state index in [9.17, 15) is 0 Å². The van der Waals surface area contributed by atoms with Crippen LogP contribution in [-0.2, 0) is 0 Å². The lowest BCUT2D eigenvalue weighted by Crippen LogP contribution is -2.31. The van der Waals surface area contributed by atoms with Crippen LogP contribution in [0.1, 0.15) is 12.5 Å². The Morgan fingerprint density at radius 2 is 2.22 bits per heavy atom. The molecule has 0 unspecified atom stereocenters. The third-order valence-electron chi connectivity index (χ3n) is 2.71. The molecule has 0 atom stereocenters. The molecule has 18 heavy (non-hydrogen) atoms. The Morgan fingerprint density at radius 1 is 1.44 bits per heavy atom. The van der Waals surface area contributed by atoms with Gasteiger partial charge in [0.25, 0.3) is 0 Å². The van der Waals surface area contributed by atoms with Crippen LogP contribution in [0.15, 0.2) is 18.2 Å². The normalized spacial score (nSPS) is 10.4. The van der Waals surface area contributed by atoms with Crippen LogP contribution in [-0.4, -0.2) is 42.8 Å². The van der Waals surface area contributed by atoms with E-state index in [0.717, 1.165) is 25.3 Å². The number of rotatable bonds is 7. The average molecular weight is 268 g/mol. The Balaban J connectivity index is 2.44. The molecule has 0 bridgehead atoms. The van der Waals surface area contributed by atoms with Crippen molar-refractivity contribution < 1.29 is 5.11 Å². The summed E-state index contributed by atoms with van der Waals surface area (Å²) in [5, 5.41) is 21.3. The second kappa shape index (κ2) is 7.93. The van der Waals surface area contributed by atoms with Gasteiger partial charge in [0.1, 0.15) is 6.07 Å². The Hall–Kier alpha value is -1.28. The maximum absolute atomic E-state index is 8.87. The van der Waals surface area contributed by atoms with E-state index in [1.807, 2.05) is 12.1 Å². The Kier molecular flexibility index (Phi) is 6.51. The standard InChI is InChI=1S/C13H18ClN3O/c1-2-17(7-8-18)6-5-16-12-4-3-11(10-15)13(14)9-12/h3-4,9,16,18H,2,5-8H2,1H3. The minimum atomic E-state index is 0.177. The monoisotopic (exact) mass is 267 g/mol. The molecule has 1 rings (SSSR count). The van der Waals surface area contributed by atoms with Crippen molar-refractivity contribution in [2.75, 3.05) is 38.1 Å². The fourth-order valence-electron chi connectivity index (χ4n) is 1.64. The van der Waals surface area contributed by atoms with E-state index in [1.54, 1.807) is 12.1 Å². The quantitative estimate of drug-likeness (QED) is 0.793. The van der Waals surface area contributed by atoms with E-state index >= 15 is 0 Å². The molecule has 5 heteroatoms. The Bertz CT molecular complexity index is 417. The van der Waals surface area contributed by atoms with Crippen molar-refractivity contribution in [2.45, 2.75) is 6.92 Å². The van der Waals surface area contributed by atoms with Crippen LogP contribution in [0.4, 0.5) is 5.69 Å². The van der Waals surface area contributed by atoms with Gasteiger partial charge in [-0.15, -0.1) is 0 Å². The highest BCUT2D eigenvalue weighted by molar-refractivity contribution is 6.32. The number of nitriles is 1. The Morgan fingerprint density at radius 3 is 2.78 bits per heavy atom. The average Bonchev–Trinajstić information content (AvgIpc) is 2.38. The molecule has 98 valence electrons. The number of likely N-dealkylation sites (N-methyl/N-ethyl adjacent to an activating group) is 1. The number of nitrogens with zero attached hydrogens (tertiary/aromatic N) is 2. The van der Waals surface area contributed by atoms with Gasteiger partial charge in [-0.25, -0.2) is 0 Å². The number of nitrogens with one attached hydrogen (secondary N) is 1. The number of aliphatic hydroxyl groups is 1. The molecule has 0 spiro atoms. The number of benzene rings is 1. The number of halogens is 1. The van der Waals surface area contributed by atoms with E-state index in [2.05, 4.69) is 17.1 Å². The highest BCUT2D eigenvalue weighted by Crippen LogP contribution is 2.19. The summed E-state index contributed by atoms with van der Waals surface area (Å²) in [5.74, 6) is 0. The fraction of sp³-hybridized carbons (Fsp3) is 0.462. The van der Waals surface area contributed by atoms with E-state index < -0.39 is 0 Å². The van der Waals surface area contributed by atoms with Crippen molar-refractivity contribution in [1.29, 1.82) is 5.26 Å². The van der Waals surface area contributed by atoms with Crippen LogP contribution in [0, 0.1) is 11.3 Å². The third kappa shape index (κ3) is 4.53. The van der Waals surface area contributed by atoms with Gasteiger partial charge >= 0.3 is 0 Å². The highest BCUT2D eigenvalue weighted by Gasteiger charge is 2.02. The van der Waals surface area contributed by atoms with Crippen molar-refractivity contribution in [2.24, 2.45) is 0 Å². The number of hydrogen-bond acceptors (Lipinski definition) is 4. The van der Waals surface area contributed by atoms with Gasteiger partial charge in [-0.3, -0.25) is 4.90 Å². The first-order valence-corrected chi connectivity index (χ1v) is 6.35. The minimum Gasteiger partial charge on any atom is -0.395 e. The van der Waals surface area contributed by atoms with Crippen LogP contribution in [0.5, 0.6) is 0 Å². The molecule has 0 fully saturated rings. The van der Waals surface area contributed by atoms with Gasteiger partial charge < -0.3 is 10.4 Å².